The fraction of sp³-hybridized carbons (Fsp3) is 0.0625. The molecule has 0 radical (unpaired) electrons. The van der Waals surface area contributed by atoms with Crippen LogP contribution in [0.25, 0.3) is 5.57 Å². The third-order valence-corrected chi connectivity index (χ3v) is 4.25. The van der Waals surface area contributed by atoms with E-state index >= 15 is 0 Å². The Kier molecular flexibility index (Phi) is 3.28. The van der Waals surface area contributed by atoms with Crippen LogP contribution in [-0.2, 0) is 0 Å². The van der Waals surface area contributed by atoms with Gasteiger partial charge in [0.1, 0.15) is 5.82 Å². The normalized spacial score (nSPS) is 18.1. The number of nitrogens with one attached hydrogen (secondary N) is 1. The molecule has 1 unspecified atom stereocenters. The first kappa shape index (κ1) is 12.5. The van der Waals surface area contributed by atoms with Crippen molar-refractivity contribution in [1.82, 2.24) is 5.32 Å². The standard InChI is InChI=1S/C16H13N3S/c17-9-12-15(11-5-2-1-3-6-11)13(10-19-16(12)18)14-7-4-8-20-14/h1-8,10,15,19H,18H2. The zero-order valence-corrected chi connectivity index (χ0v) is 11.5. The van der Waals surface area contributed by atoms with Crippen molar-refractivity contribution in [2.24, 2.45) is 5.73 Å². The highest BCUT2D eigenvalue weighted by atomic mass is 32.1. The zero-order chi connectivity index (χ0) is 13.9. The highest BCUT2D eigenvalue weighted by Crippen LogP contribution is 2.41. The van der Waals surface area contributed by atoms with E-state index in [0.29, 0.717) is 11.4 Å². The number of rotatable bonds is 2. The molecule has 2 aromatic rings. The second kappa shape index (κ2) is 5.24. The largest absolute Gasteiger partial charge is 0.384 e. The smallest absolute Gasteiger partial charge is 0.115 e. The van der Waals surface area contributed by atoms with E-state index in [1.807, 2.05) is 48.0 Å². The molecule has 3 N–H and O–H groups in total. The molecule has 3 nitrogen and oxygen atoms in total. The highest BCUT2D eigenvalue weighted by molar-refractivity contribution is 7.11. The number of nitrogens with zero attached hydrogens (tertiary/aromatic N) is 1. The minimum Gasteiger partial charge on any atom is -0.384 e. The maximum absolute atomic E-state index is 9.46. The summed E-state index contributed by atoms with van der Waals surface area (Å²) in [4.78, 5) is 1.15. The molecule has 2 heterocycles. The number of nitrogens with two attached hydrogens (primary N) is 1. The highest BCUT2D eigenvalue weighted by Gasteiger charge is 2.28. The van der Waals surface area contributed by atoms with Gasteiger partial charge in [-0.1, -0.05) is 36.4 Å². The van der Waals surface area contributed by atoms with Gasteiger partial charge in [-0.2, -0.15) is 5.26 Å². The lowest BCUT2D eigenvalue weighted by atomic mass is 9.83. The Hall–Kier alpha value is -2.51. The molecule has 0 saturated carbocycles. The van der Waals surface area contributed by atoms with Crippen molar-refractivity contribution < 1.29 is 0 Å². The van der Waals surface area contributed by atoms with Crippen LogP contribution in [0.5, 0.6) is 0 Å². The maximum Gasteiger partial charge on any atom is 0.115 e. The molecule has 0 aliphatic carbocycles. The van der Waals surface area contributed by atoms with Crippen LogP contribution < -0.4 is 11.1 Å². The summed E-state index contributed by atoms with van der Waals surface area (Å²) in [5.41, 5.74) is 8.67. The molecule has 1 aromatic heterocycles. The summed E-state index contributed by atoms with van der Waals surface area (Å²) in [6, 6.07) is 16.3. The Morgan fingerprint density at radius 3 is 2.60 bits per heavy atom. The van der Waals surface area contributed by atoms with Crippen molar-refractivity contribution in [2.45, 2.75) is 5.92 Å². The number of nitriles is 1. The topological polar surface area (TPSA) is 61.8 Å². The molecule has 20 heavy (non-hydrogen) atoms. The molecule has 0 spiro atoms. The van der Waals surface area contributed by atoms with E-state index in [1.165, 1.54) is 0 Å². The SMILES string of the molecule is N#CC1=C(N)NC=C(c2cccs2)C1c1ccccc1. The Bertz CT molecular complexity index is 706. The lowest BCUT2D eigenvalue weighted by Crippen LogP contribution is -2.25. The van der Waals surface area contributed by atoms with Gasteiger partial charge in [0.05, 0.1) is 17.6 Å². The number of benzene rings is 1. The van der Waals surface area contributed by atoms with Crippen LogP contribution in [0.4, 0.5) is 0 Å². The van der Waals surface area contributed by atoms with Crippen molar-refractivity contribution in [3.63, 3.8) is 0 Å². The van der Waals surface area contributed by atoms with Crippen LogP contribution in [0.1, 0.15) is 16.4 Å². The van der Waals surface area contributed by atoms with Gasteiger partial charge in [-0.05, 0) is 22.6 Å². The molecule has 98 valence electrons. The summed E-state index contributed by atoms with van der Waals surface area (Å²) >= 11 is 1.66. The van der Waals surface area contributed by atoms with E-state index in [2.05, 4.69) is 17.5 Å². The molecular formula is C16H13N3S. The molecule has 0 amide bonds. The Morgan fingerprint density at radius 2 is 1.95 bits per heavy atom. The van der Waals surface area contributed by atoms with Crippen LogP contribution in [0.3, 0.4) is 0 Å². The Balaban J connectivity index is 2.14. The fourth-order valence-electron chi connectivity index (χ4n) is 2.40. The Morgan fingerprint density at radius 1 is 1.15 bits per heavy atom. The zero-order valence-electron chi connectivity index (χ0n) is 10.7. The third-order valence-electron chi connectivity index (χ3n) is 3.33. The van der Waals surface area contributed by atoms with Gasteiger partial charge in [-0.25, -0.2) is 0 Å². The fourth-order valence-corrected chi connectivity index (χ4v) is 3.17. The molecule has 1 atom stereocenters. The van der Waals surface area contributed by atoms with Crippen LogP contribution in [0, 0.1) is 11.3 Å². The molecule has 1 aliphatic heterocycles. The van der Waals surface area contributed by atoms with Gasteiger partial charge in [-0.3, -0.25) is 0 Å². The maximum atomic E-state index is 9.46. The van der Waals surface area contributed by atoms with Crippen LogP contribution in [0.2, 0.25) is 0 Å². The van der Waals surface area contributed by atoms with Crippen molar-refractivity contribution in [3.05, 3.63) is 75.9 Å². The third kappa shape index (κ3) is 2.09. The van der Waals surface area contributed by atoms with Crippen molar-refractivity contribution in [1.29, 1.82) is 5.26 Å². The van der Waals surface area contributed by atoms with Gasteiger partial charge in [0, 0.05) is 11.1 Å². The first-order valence-electron chi connectivity index (χ1n) is 6.26. The minimum absolute atomic E-state index is 0.110. The molecule has 0 saturated heterocycles. The number of hydrogen-bond donors (Lipinski definition) is 2. The molecule has 0 bridgehead atoms. The van der Waals surface area contributed by atoms with Crippen LogP contribution in [-0.4, -0.2) is 0 Å². The van der Waals surface area contributed by atoms with E-state index in [4.69, 9.17) is 5.73 Å². The van der Waals surface area contributed by atoms with Crippen molar-refractivity contribution in [3.8, 4) is 6.07 Å². The van der Waals surface area contributed by atoms with E-state index in [0.717, 1.165) is 16.0 Å². The molecule has 4 heteroatoms. The van der Waals surface area contributed by atoms with Crippen molar-refractivity contribution in [2.75, 3.05) is 0 Å². The summed E-state index contributed by atoms with van der Waals surface area (Å²) in [5, 5.41) is 14.5. The molecular weight excluding hydrogens is 266 g/mol. The second-order valence-electron chi connectivity index (χ2n) is 4.50. The van der Waals surface area contributed by atoms with E-state index in [1.54, 1.807) is 11.3 Å². The van der Waals surface area contributed by atoms with E-state index in [9.17, 15) is 5.26 Å². The average Bonchev–Trinajstić information content (AvgIpc) is 3.02. The molecule has 1 aliphatic rings. The number of dihydropyridines is 1. The lowest BCUT2D eigenvalue weighted by molar-refractivity contribution is 0.897. The van der Waals surface area contributed by atoms with Gasteiger partial charge in [0.25, 0.3) is 0 Å². The lowest BCUT2D eigenvalue weighted by Gasteiger charge is -2.25. The molecule has 3 rings (SSSR count). The van der Waals surface area contributed by atoms with Gasteiger partial charge in [0.15, 0.2) is 0 Å². The molecule has 0 fully saturated rings. The summed E-state index contributed by atoms with van der Waals surface area (Å²) in [7, 11) is 0. The van der Waals surface area contributed by atoms with E-state index in [-0.39, 0.29) is 5.92 Å². The van der Waals surface area contributed by atoms with Gasteiger partial charge >= 0.3 is 0 Å². The van der Waals surface area contributed by atoms with Gasteiger partial charge in [-0.15, -0.1) is 11.3 Å². The number of allylic oxidation sites excluding steroid dienone is 2. The number of thiophene rings is 1. The summed E-state index contributed by atoms with van der Waals surface area (Å²) in [5.74, 6) is 0.322. The van der Waals surface area contributed by atoms with Gasteiger partial charge in [0.2, 0.25) is 0 Å². The predicted octanol–water partition coefficient (Wildman–Crippen LogP) is 3.17. The van der Waals surface area contributed by atoms with Crippen LogP contribution >= 0.6 is 11.3 Å². The first-order valence-corrected chi connectivity index (χ1v) is 7.14. The first-order chi connectivity index (χ1) is 9.81. The van der Waals surface area contributed by atoms with Crippen LogP contribution in [0.15, 0.2) is 65.4 Å². The Labute approximate surface area is 121 Å². The predicted molar refractivity (Wildman–Crippen MR) is 81.4 cm³/mol. The van der Waals surface area contributed by atoms with Gasteiger partial charge < -0.3 is 11.1 Å². The monoisotopic (exact) mass is 279 g/mol. The van der Waals surface area contributed by atoms with Crippen molar-refractivity contribution >= 4 is 16.9 Å². The number of hydrogen-bond acceptors (Lipinski definition) is 4. The minimum atomic E-state index is -0.110. The summed E-state index contributed by atoms with van der Waals surface area (Å²) in [6.45, 7) is 0. The quantitative estimate of drug-likeness (QED) is 0.887. The second-order valence-corrected chi connectivity index (χ2v) is 5.45. The van der Waals surface area contributed by atoms with E-state index < -0.39 is 0 Å². The average molecular weight is 279 g/mol. The molecule has 1 aromatic carbocycles. The summed E-state index contributed by atoms with van der Waals surface area (Å²) in [6.07, 6.45) is 1.90. The summed E-state index contributed by atoms with van der Waals surface area (Å²) < 4.78 is 0.